The van der Waals surface area contributed by atoms with Crippen molar-refractivity contribution in [3.05, 3.63) is 30.4 Å². The summed E-state index contributed by atoms with van der Waals surface area (Å²) in [6.07, 6.45) is 1.67. The smallest absolute Gasteiger partial charge is 0.328 e. The van der Waals surface area contributed by atoms with Gasteiger partial charge in [-0.25, -0.2) is 4.79 Å². The van der Waals surface area contributed by atoms with E-state index in [0.29, 0.717) is 17.2 Å². The summed E-state index contributed by atoms with van der Waals surface area (Å²) in [6.45, 7) is 0. The van der Waals surface area contributed by atoms with Crippen molar-refractivity contribution in [2.24, 2.45) is 0 Å². The van der Waals surface area contributed by atoms with Gasteiger partial charge < -0.3 is 19.9 Å². The molecule has 0 radical (unpaired) electrons. The fourth-order valence-electron chi connectivity index (χ4n) is 1.31. The van der Waals surface area contributed by atoms with E-state index in [1.165, 1.54) is 14.2 Å². The molecule has 0 spiro atoms. The number of carbonyl (C=O) groups is 2. The maximum Gasteiger partial charge on any atom is 0.328 e. The summed E-state index contributed by atoms with van der Waals surface area (Å²) in [7, 11) is 2.92. The zero-order valence-corrected chi connectivity index (χ0v) is 9.97. The van der Waals surface area contributed by atoms with Crippen LogP contribution in [-0.4, -0.2) is 31.2 Å². The first-order chi connectivity index (χ1) is 8.58. The number of nitrogens with one attached hydrogen (secondary N) is 1. The number of amides is 1. The standard InChI is InChI=1S/C12H13NO5/c1-17-9-5-3-4-8(12(9)18-2)13-10(14)6-7-11(15)16/h3-7H,1-2H3,(H,13,14)(H,15,16)/b7-6-. The van der Waals surface area contributed by atoms with E-state index >= 15 is 0 Å². The number of carboxylic acids is 1. The Hall–Kier alpha value is -2.50. The van der Waals surface area contributed by atoms with Gasteiger partial charge in [0.15, 0.2) is 11.5 Å². The molecule has 0 heterocycles. The van der Waals surface area contributed by atoms with Gasteiger partial charge in [0.25, 0.3) is 0 Å². The molecule has 0 aliphatic rings. The lowest BCUT2D eigenvalue weighted by atomic mass is 10.2. The summed E-state index contributed by atoms with van der Waals surface area (Å²) >= 11 is 0. The van der Waals surface area contributed by atoms with Crippen molar-refractivity contribution in [3.8, 4) is 11.5 Å². The highest BCUT2D eigenvalue weighted by Gasteiger charge is 2.10. The number of aliphatic carboxylic acids is 1. The molecule has 0 aromatic heterocycles. The number of rotatable bonds is 5. The van der Waals surface area contributed by atoms with E-state index in [1.54, 1.807) is 18.2 Å². The SMILES string of the molecule is COc1cccc(NC(=O)/C=C\C(=O)O)c1OC. The Morgan fingerprint density at radius 2 is 1.94 bits per heavy atom. The van der Waals surface area contributed by atoms with Crippen molar-refractivity contribution >= 4 is 17.6 Å². The molecule has 0 aliphatic heterocycles. The molecule has 0 atom stereocenters. The van der Waals surface area contributed by atoms with E-state index in [1.807, 2.05) is 0 Å². The van der Waals surface area contributed by atoms with Gasteiger partial charge in [-0.05, 0) is 12.1 Å². The molecule has 0 unspecified atom stereocenters. The number of hydrogen-bond acceptors (Lipinski definition) is 4. The minimum absolute atomic E-state index is 0.372. The molecule has 1 aromatic rings. The number of methoxy groups -OCH3 is 2. The van der Waals surface area contributed by atoms with Gasteiger partial charge in [0.05, 0.1) is 19.9 Å². The number of anilines is 1. The third kappa shape index (κ3) is 3.51. The van der Waals surface area contributed by atoms with Crippen LogP contribution in [0, 0.1) is 0 Å². The van der Waals surface area contributed by atoms with E-state index in [-0.39, 0.29) is 0 Å². The predicted molar refractivity (Wildman–Crippen MR) is 65.0 cm³/mol. The first-order valence-electron chi connectivity index (χ1n) is 5.01. The molecule has 6 nitrogen and oxygen atoms in total. The van der Waals surface area contributed by atoms with Crippen molar-refractivity contribution in [1.29, 1.82) is 0 Å². The third-order valence-corrected chi connectivity index (χ3v) is 2.04. The van der Waals surface area contributed by atoms with Crippen LogP contribution in [0.2, 0.25) is 0 Å². The Morgan fingerprint density at radius 1 is 1.22 bits per heavy atom. The Bertz CT molecular complexity index is 481. The van der Waals surface area contributed by atoms with E-state index < -0.39 is 11.9 Å². The first kappa shape index (κ1) is 13.6. The first-order valence-corrected chi connectivity index (χ1v) is 5.01. The van der Waals surface area contributed by atoms with Crippen molar-refractivity contribution in [3.63, 3.8) is 0 Å². The van der Waals surface area contributed by atoms with Gasteiger partial charge in [0, 0.05) is 12.2 Å². The van der Waals surface area contributed by atoms with Gasteiger partial charge >= 0.3 is 5.97 Å². The highest BCUT2D eigenvalue weighted by atomic mass is 16.5. The van der Waals surface area contributed by atoms with Gasteiger partial charge in [0.2, 0.25) is 5.91 Å². The van der Waals surface area contributed by atoms with Crippen LogP contribution in [0.25, 0.3) is 0 Å². The summed E-state index contributed by atoms with van der Waals surface area (Å²) < 4.78 is 10.2. The van der Waals surface area contributed by atoms with Crippen LogP contribution in [0.3, 0.4) is 0 Å². The van der Waals surface area contributed by atoms with Crippen molar-refractivity contribution in [1.82, 2.24) is 0 Å². The molecule has 0 saturated carbocycles. The van der Waals surface area contributed by atoms with Gasteiger partial charge in [-0.1, -0.05) is 6.07 Å². The van der Waals surface area contributed by atoms with Gasteiger partial charge in [-0.15, -0.1) is 0 Å². The van der Waals surface area contributed by atoms with Crippen LogP contribution < -0.4 is 14.8 Å². The average molecular weight is 251 g/mol. The van der Waals surface area contributed by atoms with Gasteiger partial charge in [0.1, 0.15) is 0 Å². The van der Waals surface area contributed by atoms with Crippen LogP contribution in [0.1, 0.15) is 0 Å². The summed E-state index contributed by atoms with van der Waals surface area (Å²) in [5, 5.41) is 10.9. The van der Waals surface area contributed by atoms with Crippen LogP contribution in [0.4, 0.5) is 5.69 Å². The lowest BCUT2D eigenvalue weighted by Crippen LogP contribution is -2.10. The molecule has 0 fully saturated rings. The minimum Gasteiger partial charge on any atom is -0.493 e. The highest BCUT2D eigenvalue weighted by molar-refractivity contribution is 6.03. The minimum atomic E-state index is -1.19. The van der Waals surface area contributed by atoms with Crippen LogP contribution >= 0.6 is 0 Å². The van der Waals surface area contributed by atoms with E-state index in [4.69, 9.17) is 14.6 Å². The maximum atomic E-state index is 11.4. The van der Waals surface area contributed by atoms with Crippen molar-refractivity contribution in [2.45, 2.75) is 0 Å². The normalized spacial score (nSPS) is 10.1. The highest BCUT2D eigenvalue weighted by Crippen LogP contribution is 2.34. The number of hydrogen-bond donors (Lipinski definition) is 2. The van der Waals surface area contributed by atoms with Crippen molar-refractivity contribution in [2.75, 3.05) is 19.5 Å². The quantitative estimate of drug-likeness (QED) is 0.770. The number of ether oxygens (including phenoxy) is 2. The largest absolute Gasteiger partial charge is 0.493 e. The second kappa shape index (κ2) is 6.29. The number of carboxylic acid groups (broad SMARTS) is 1. The number of para-hydroxylation sites is 1. The number of carbonyl (C=O) groups excluding carboxylic acids is 1. The van der Waals surface area contributed by atoms with Crippen LogP contribution in [0.5, 0.6) is 11.5 Å². The van der Waals surface area contributed by atoms with Crippen LogP contribution in [-0.2, 0) is 9.59 Å². The second-order valence-electron chi connectivity index (χ2n) is 3.20. The van der Waals surface area contributed by atoms with Crippen LogP contribution in [0.15, 0.2) is 30.4 Å². The van der Waals surface area contributed by atoms with Crippen molar-refractivity contribution < 1.29 is 24.2 Å². The maximum absolute atomic E-state index is 11.4. The summed E-state index contributed by atoms with van der Waals surface area (Å²) in [5.74, 6) is -0.915. The van der Waals surface area contributed by atoms with E-state index in [9.17, 15) is 9.59 Å². The molecule has 6 heteroatoms. The lowest BCUT2D eigenvalue weighted by Gasteiger charge is -2.12. The topological polar surface area (TPSA) is 84.9 Å². The third-order valence-electron chi connectivity index (χ3n) is 2.04. The fraction of sp³-hybridized carbons (Fsp3) is 0.167. The monoisotopic (exact) mass is 251 g/mol. The van der Waals surface area contributed by atoms with E-state index in [2.05, 4.69) is 5.32 Å². The molecule has 1 rings (SSSR count). The Kier molecular flexibility index (Phi) is 4.74. The Morgan fingerprint density at radius 3 is 2.50 bits per heavy atom. The van der Waals surface area contributed by atoms with Gasteiger partial charge in [-0.2, -0.15) is 0 Å². The summed E-state index contributed by atoms with van der Waals surface area (Å²) in [4.78, 5) is 21.7. The molecule has 2 N–H and O–H groups in total. The molecule has 96 valence electrons. The molecule has 1 amide bonds. The number of benzene rings is 1. The molecule has 1 aromatic carbocycles. The van der Waals surface area contributed by atoms with Gasteiger partial charge in [-0.3, -0.25) is 4.79 Å². The average Bonchev–Trinajstić information content (AvgIpc) is 2.36. The Labute approximate surface area is 104 Å². The summed E-state index contributed by atoms with van der Waals surface area (Å²) in [5.41, 5.74) is 0.400. The summed E-state index contributed by atoms with van der Waals surface area (Å²) in [6, 6.07) is 4.98. The predicted octanol–water partition coefficient (Wildman–Crippen LogP) is 1.28. The van der Waals surface area contributed by atoms with E-state index in [0.717, 1.165) is 12.2 Å². The zero-order chi connectivity index (χ0) is 13.5. The molecular formula is C12H13NO5. The molecular weight excluding hydrogens is 238 g/mol. The molecule has 0 bridgehead atoms. The zero-order valence-electron chi connectivity index (χ0n) is 9.97. The molecule has 0 aliphatic carbocycles. The second-order valence-corrected chi connectivity index (χ2v) is 3.20. The molecule has 0 saturated heterocycles. The lowest BCUT2D eigenvalue weighted by molar-refractivity contribution is -0.131. The fourth-order valence-corrected chi connectivity index (χ4v) is 1.31. The Balaban J connectivity index is 2.90. The molecule has 18 heavy (non-hydrogen) atoms.